The van der Waals surface area contributed by atoms with E-state index in [4.69, 9.17) is 4.74 Å². The van der Waals surface area contributed by atoms with Crippen LogP contribution in [0.3, 0.4) is 0 Å². The summed E-state index contributed by atoms with van der Waals surface area (Å²) in [6.07, 6.45) is 0.691. The lowest BCUT2D eigenvalue weighted by Gasteiger charge is -2.12. The van der Waals surface area contributed by atoms with Gasteiger partial charge in [0, 0.05) is 9.79 Å². The molecule has 0 aliphatic carbocycles. The summed E-state index contributed by atoms with van der Waals surface area (Å²) in [5.74, 6) is -0.883. The summed E-state index contributed by atoms with van der Waals surface area (Å²) in [4.78, 5) is 25.7. The number of esters is 1. The number of hydrogen-bond acceptors (Lipinski definition) is 4. The van der Waals surface area contributed by atoms with Crippen molar-refractivity contribution in [2.45, 2.75) is 30.1 Å². The van der Waals surface area contributed by atoms with E-state index in [9.17, 15) is 9.59 Å². The van der Waals surface area contributed by atoms with E-state index < -0.39 is 0 Å². The second-order valence-corrected chi connectivity index (χ2v) is 6.49. The highest BCUT2D eigenvalue weighted by molar-refractivity contribution is 7.99. The Hall–Kier alpha value is -2.27. The Morgan fingerprint density at radius 3 is 2.46 bits per heavy atom. The van der Waals surface area contributed by atoms with E-state index in [1.54, 1.807) is 18.7 Å². The SMILES string of the molecule is CCC(C)C(=O)OCC(=O)Nc1ccccc1Sc1ccccc1. The van der Waals surface area contributed by atoms with Crippen LogP contribution in [0, 0.1) is 5.92 Å². The Morgan fingerprint density at radius 1 is 1.08 bits per heavy atom. The van der Waals surface area contributed by atoms with Crippen LogP contribution in [-0.4, -0.2) is 18.5 Å². The van der Waals surface area contributed by atoms with Crippen molar-refractivity contribution in [2.75, 3.05) is 11.9 Å². The van der Waals surface area contributed by atoms with Gasteiger partial charge in [-0.1, -0.05) is 55.9 Å². The van der Waals surface area contributed by atoms with Crippen LogP contribution in [-0.2, 0) is 14.3 Å². The first kappa shape index (κ1) is 18.1. The second-order valence-electron chi connectivity index (χ2n) is 5.38. The van der Waals surface area contributed by atoms with Crippen molar-refractivity contribution < 1.29 is 14.3 Å². The number of carbonyl (C=O) groups is 2. The summed E-state index contributed by atoms with van der Waals surface area (Å²) >= 11 is 1.57. The number of carbonyl (C=O) groups excluding carboxylic acids is 2. The summed E-state index contributed by atoms with van der Waals surface area (Å²) in [5, 5.41) is 2.81. The third kappa shape index (κ3) is 5.42. The molecule has 0 fully saturated rings. The number of para-hydroxylation sites is 1. The van der Waals surface area contributed by atoms with Gasteiger partial charge in [0.2, 0.25) is 0 Å². The number of rotatable bonds is 7. The molecule has 0 aromatic heterocycles. The molecular formula is C19H21NO3S. The molecule has 1 N–H and O–H groups in total. The van der Waals surface area contributed by atoms with Crippen LogP contribution < -0.4 is 5.32 Å². The van der Waals surface area contributed by atoms with E-state index in [-0.39, 0.29) is 24.4 Å². The number of amides is 1. The lowest BCUT2D eigenvalue weighted by atomic mass is 10.1. The van der Waals surface area contributed by atoms with Crippen molar-refractivity contribution in [2.24, 2.45) is 5.92 Å². The van der Waals surface area contributed by atoms with Crippen molar-refractivity contribution in [3.05, 3.63) is 54.6 Å². The topological polar surface area (TPSA) is 55.4 Å². The first-order chi connectivity index (χ1) is 11.6. The number of nitrogens with one attached hydrogen (secondary N) is 1. The first-order valence-corrected chi connectivity index (χ1v) is 8.70. The van der Waals surface area contributed by atoms with Gasteiger partial charge in [-0.3, -0.25) is 9.59 Å². The first-order valence-electron chi connectivity index (χ1n) is 7.88. The molecule has 0 bridgehead atoms. The summed E-state index contributed by atoms with van der Waals surface area (Å²) in [7, 11) is 0. The molecule has 1 atom stereocenters. The molecule has 1 amide bonds. The predicted molar refractivity (Wildman–Crippen MR) is 96.1 cm³/mol. The van der Waals surface area contributed by atoms with Gasteiger partial charge in [0.15, 0.2) is 6.61 Å². The smallest absolute Gasteiger partial charge is 0.309 e. The van der Waals surface area contributed by atoms with Crippen molar-refractivity contribution in [1.82, 2.24) is 0 Å². The van der Waals surface area contributed by atoms with Crippen molar-refractivity contribution >= 4 is 29.3 Å². The fraction of sp³-hybridized carbons (Fsp3) is 0.263. The Morgan fingerprint density at radius 2 is 1.75 bits per heavy atom. The molecule has 2 aromatic rings. The number of anilines is 1. The minimum atomic E-state index is -0.348. The highest BCUT2D eigenvalue weighted by Gasteiger charge is 2.14. The van der Waals surface area contributed by atoms with Crippen LogP contribution in [0.2, 0.25) is 0 Å². The van der Waals surface area contributed by atoms with Gasteiger partial charge in [-0.25, -0.2) is 0 Å². The van der Waals surface area contributed by atoms with E-state index in [1.807, 2.05) is 61.5 Å². The van der Waals surface area contributed by atoms with Crippen LogP contribution >= 0.6 is 11.8 Å². The molecule has 0 saturated carbocycles. The molecule has 0 heterocycles. The zero-order valence-corrected chi connectivity index (χ0v) is 14.6. The Bertz CT molecular complexity index is 688. The molecule has 0 saturated heterocycles. The molecule has 0 aliphatic rings. The summed E-state index contributed by atoms with van der Waals surface area (Å²) in [5.41, 5.74) is 0.705. The van der Waals surface area contributed by atoms with Gasteiger partial charge in [-0.15, -0.1) is 0 Å². The number of ether oxygens (including phenoxy) is 1. The molecule has 1 unspecified atom stereocenters. The van der Waals surface area contributed by atoms with Crippen LogP contribution in [0.5, 0.6) is 0 Å². The largest absolute Gasteiger partial charge is 0.455 e. The number of benzene rings is 2. The third-order valence-corrected chi connectivity index (χ3v) is 4.58. The molecular weight excluding hydrogens is 322 g/mol. The minimum absolute atomic E-state index is 0.196. The maximum absolute atomic E-state index is 12.0. The molecule has 0 radical (unpaired) electrons. The molecule has 4 nitrogen and oxygen atoms in total. The Kier molecular flexibility index (Phi) is 6.88. The minimum Gasteiger partial charge on any atom is -0.455 e. The summed E-state index contributed by atoms with van der Waals surface area (Å²) < 4.78 is 5.03. The van der Waals surface area contributed by atoms with Gasteiger partial charge < -0.3 is 10.1 Å². The van der Waals surface area contributed by atoms with E-state index in [2.05, 4.69) is 5.32 Å². The van der Waals surface area contributed by atoms with Gasteiger partial charge in [-0.05, 0) is 30.7 Å². The van der Waals surface area contributed by atoms with E-state index >= 15 is 0 Å². The highest BCUT2D eigenvalue weighted by atomic mass is 32.2. The molecule has 2 aromatic carbocycles. The van der Waals surface area contributed by atoms with Gasteiger partial charge >= 0.3 is 5.97 Å². The Balaban J connectivity index is 1.97. The maximum atomic E-state index is 12.0. The Labute approximate surface area is 146 Å². The molecule has 0 aliphatic heterocycles. The zero-order valence-electron chi connectivity index (χ0n) is 13.8. The molecule has 24 heavy (non-hydrogen) atoms. The molecule has 126 valence electrons. The fourth-order valence-electron chi connectivity index (χ4n) is 1.91. The molecule has 5 heteroatoms. The van der Waals surface area contributed by atoms with Gasteiger partial charge in [0.1, 0.15) is 0 Å². The molecule has 2 rings (SSSR count). The van der Waals surface area contributed by atoms with Gasteiger partial charge in [-0.2, -0.15) is 0 Å². The highest BCUT2D eigenvalue weighted by Crippen LogP contribution is 2.33. The van der Waals surface area contributed by atoms with Gasteiger partial charge in [0.05, 0.1) is 11.6 Å². The zero-order chi connectivity index (χ0) is 17.4. The van der Waals surface area contributed by atoms with Crippen LogP contribution in [0.25, 0.3) is 0 Å². The quantitative estimate of drug-likeness (QED) is 0.759. The van der Waals surface area contributed by atoms with Crippen LogP contribution in [0.15, 0.2) is 64.4 Å². The van der Waals surface area contributed by atoms with Crippen molar-refractivity contribution in [3.8, 4) is 0 Å². The van der Waals surface area contributed by atoms with Gasteiger partial charge in [0.25, 0.3) is 5.91 Å². The standard InChI is InChI=1S/C19H21NO3S/c1-3-14(2)19(22)23-13-18(21)20-16-11-7-8-12-17(16)24-15-9-5-4-6-10-15/h4-12,14H,3,13H2,1-2H3,(H,20,21). The van der Waals surface area contributed by atoms with E-state index in [0.29, 0.717) is 12.1 Å². The fourth-order valence-corrected chi connectivity index (χ4v) is 2.83. The average Bonchev–Trinajstić information content (AvgIpc) is 2.61. The van der Waals surface area contributed by atoms with Crippen molar-refractivity contribution in [1.29, 1.82) is 0 Å². The lowest BCUT2D eigenvalue weighted by molar-refractivity contribution is -0.151. The third-order valence-electron chi connectivity index (χ3n) is 3.49. The maximum Gasteiger partial charge on any atom is 0.309 e. The average molecular weight is 343 g/mol. The number of hydrogen-bond donors (Lipinski definition) is 1. The van der Waals surface area contributed by atoms with Crippen LogP contribution in [0.1, 0.15) is 20.3 Å². The lowest BCUT2D eigenvalue weighted by Crippen LogP contribution is -2.23. The molecule has 0 spiro atoms. The summed E-state index contributed by atoms with van der Waals surface area (Å²) in [6, 6.07) is 17.5. The van der Waals surface area contributed by atoms with Crippen molar-refractivity contribution in [3.63, 3.8) is 0 Å². The summed E-state index contributed by atoms with van der Waals surface area (Å²) in [6.45, 7) is 3.42. The van der Waals surface area contributed by atoms with E-state index in [1.165, 1.54) is 0 Å². The van der Waals surface area contributed by atoms with Crippen LogP contribution in [0.4, 0.5) is 5.69 Å². The normalized spacial score (nSPS) is 11.6. The second kappa shape index (κ2) is 9.13. The predicted octanol–water partition coefficient (Wildman–Crippen LogP) is 4.37. The monoisotopic (exact) mass is 343 g/mol. The van der Waals surface area contributed by atoms with E-state index in [0.717, 1.165) is 9.79 Å².